The molecule has 5 heteroatoms. The molecule has 3 aromatic carbocycles. The van der Waals surface area contributed by atoms with Gasteiger partial charge in [0.1, 0.15) is 0 Å². The van der Waals surface area contributed by atoms with Crippen LogP contribution in [-0.4, -0.2) is 32.2 Å². The Morgan fingerprint density at radius 3 is 2.13 bits per heavy atom. The van der Waals surface area contributed by atoms with Crippen LogP contribution in [0.15, 0.2) is 83.5 Å². The molecule has 3 aromatic rings. The second kappa shape index (κ2) is 9.34. The first-order valence-corrected chi connectivity index (χ1v) is 11.9. The van der Waals surface area contributed by atoms with E-state index in [1.165, 1.54) is 10.0 Å². The van der Waals surface area contributed by atoms with Gasteiger partial charge in [0.25, 0.3) is 0 Å². The number of amides is 1. The number of benzene rings is 3. The minimum absolute atomic E-state index is 0.0946. The van der Waals surface area contributed by atoms with Gasteiger partial charge < -0.3 is 0 Å². The van der Waals surface area contributed by atoms with Gasteiger partial charge in [-0.3, -0.25) is 0 Å². The van der Waals surface area contributed by atoms with Crippen molar-refractivity contribution >= 4 is 41.8 Å². The van der Waals surface area contributed by atoms with Gasteiger partial charge in [-0.25, -0.2) is 0 Å². The van der Waals surface area contributed by atoms with Gasteiger partial charge in [-0.1, -0.05) is 0 Å². The molecule has 31 heavy (non-hydrogen) atoms. The monoisotopic (exact) mass is 476 g/mol. The third kappa shape index (κ3) is 4.96. The van der Waals surface area contributed by atoms with Gasteiger partial charge in [-0.15, -0.1) is 0 Å². The van der Waals surface area contributed by atoms with Gasteiger partial charge in [-0.05, 0) is 0 Å². The van der Waals surface area contributed by atoms with Gasteiger partial charge >= 0.3 is 190 Å². The Kier molecular flexibility index (Phi) is 6.36. The zero-order valence-electron chi connectivity index (χ0n) is 17.8. The van der Waals surface area contributed by atoms with E-state index in [2.05, 4.69) is 31.2 Å². The number of aliphatic imine (C=N–C) groups is 1. The molecule has 0 fully saturated rings. The molecule has 156 valence electrons. The van der Waals surface area contributed by atoms with Crippen LogP contribution in [0.1, 0.15) is 23.6 Å². The summed E-state index contributed by atoms with van der Waals surface area (Å²) in [6.07, 6.45) is 1.84. The van der Waals surface area contributed by atoms with Crippen LogP contribution in [0.5, 0.6) is 5.75 Å². The maximum atomic E-state index is 13.3. The molecule has 0 unspecified atom stereocenters. The molecule has 1 aliphatic rings. The number of rotatable bonds is 6. The maximum absolute atomic E-state index is 13.3. The summed E-state index contributed by atoms with van der Waals surface area (Å²) >= 11 is -0.0946. The Hall–Kier alpha value is -3.14. The summed E-state index contributed by atoms with van der Waals surface area (Å²) in [6, 6.07) is 24.1. The molecule has 0 spiro atoms. The standard InChI is InChI=1S/C26H24N2O2Se/c1-4-30-22-13-9-20(10-14-22)17-24-25(29)28(21-11-5-18(2)6-12-21)26(27-24)31-23-15-7-19(3)8-16-23/h5-17H,4H2,1-3H3/b24-17-. The second-order valence-electron chi connectivity index (χ2n) is 7.32. The predicted molar refractivity (Wildman–Crippen MR) is 128 cm³/mol. The fourth-order valence-electron chi connectivity index (χ4n) is 3.18. The van der Waals surface area contributed by atoms with E-state index in [4.69, 9.17) is 9.73 Å². The first-order valence-electron chi connectivity index (χ1n) is 10.2. The van der Waals surface area contributed by atoms with Crippen molar-refractivity contribution in [1.29, 1.82) is 0 Å². The van der Waals surface area contributed by atoms with Gasteiger partial charge in [0, 0.05) is 0 Å². The number of nitrogens with zero attached hydrogens (tertiary/aromatic N) is 2. The number of hydrogen-bond acceptors (Lipinski definition) is 3. The van der Waals surface area contributed by atoms with Crippen LogP contribution in [0.4, 0.5) is 5.69 Å². The Balaban J connectivity index is 1.68. The molecule has 1 amide bonds. The Labute approximate surface area is 189 Å². The van der Waals surface area contributed by atoms with Crippen LogP contribution < -0.4 is 14.1 Å². The van der Waals surface area contributed by atoms with Crippen LogP contribution in [0.25, 0.3) is 6.08 Å². The Morgan fingerprint density at radius 2 is 1.52 bits per heavy atom. The predicted octanol–water partition coefficient (Wildman–Crippen LogP) is 4.48. The summed E-state index contributed by atoms with van der Waals surface area (Å²) in [7, 11) is 0. The molecule has 0 saturated carbocycles. The van der Waals surface area contributed by atoms with Gasteiger partial charge in [-0.2, -0.15) is 0 Å². The molecule has 0 N–H and O–H groups in total. The van der Waals surface area contributed by atoms with Crippen molar-refractivity contribution in [3.8, 4) is 5.75 Å². The molecule has 4 rings (SSSR count). The molecule has 1 heterocycles. The van der Waals surface area contributed by atoms with Crippen molar-refractivity contribution < 1.29 is 9.53 Å². The molecular formula is C26H24N2O2Se. The molecule has 0 radical (unpaired) electrons. The van der Waals surface area contributed by atoms with Gasteiger partial charge in [0.05, 0.1) is 0 Å². The molecule has 0 saturated heterocycles. The van der Waals surface area contributed by atoms with Gasteiger partial charge in [0.2, 0.25) is 0 Å². The second-order valence-corrected chi connectivity index (χ2v) is 9.50. The third-order valence-corrected chi connectivity index (χ3v) is 6.87. The number of carbonyl (C=O) groups excluding carboxylic acids is 1. The van der Waals surface area contributed by atoms with Crippen LogP contribution >= 0.6 is 0 Å². The summed E-state index contributed by atoms with van der Waals surface area (Å²) in [4.78, 5) is 19.9. The first kappa shape index (κ1) is 21.1. The van der Waals surface area contributed by atoms with E-state index >= 15 is 0 Å². The Morgan fingerprint density at radius 1 is 0.903 bits per heavy atom. The molecular weight excluding hydrogens is 451 g/mol. The zero-order valence-corrected chi connectivity index (χ0v) is 19.5. The van der Waals surface area contributed by atoms with Gasteiger partial charge in [0.15, 0.2) is 0 Å². The SMILES string of the molecule is CCOc1ccc(/C=C2\N=C([Se]c3ccc(C)cc3)N(c3ccc(C)cc3)C2=O)cc1. The van der Waals surface area contributed by atoms with E-state index in [-0.39, 0.29) is 20.9 Å². The van der Waals surface area contributed by atoms with E-state index in [1.54, 1.807) is 4.90 Å². The number of hydrogen-bond donors (Lipinski definition) is 0. The van der Waals surface area contributed by atoms with E-state index in [9.17, 15) is 4.79 Å². The molecule has 0 bridgehead atoms. The van der Waals surface area contributed by atoms with Crippen LogP contribution in [0, 0.1) is 13.8 Å². The quantitative estimate of drug-likeness (QED) is 0.390. The number of carbonyl (C=O) groups is 1. The van der Waals surface area contributed by atoms with Crippen LogP contribution in [-0.2, 0) is 4.79 Å². The van der Waals surface area contributed by atoms with E-state index in [1.807, 2.05) is 68.5 Å². The van der Waals surface area contributed by atoms with Crippen LogP contribution in [0.2, 0.25) is 0 Å². The molecule has 4 nitrogen and oxygen atoms in total. The van der Waals surface area contributed by atoms with Crippen LogP contribution in [0.3, 0.4) is 0 Å². The van der Waals surface area contributed by atoms with E-state index in [0.717, 1.165) is 27.3 Å². The average molecular weight is 475 g/mol. The minimum atomic E-state index is -0.0956. The fraction of sp³-hybridized carbons (Fsp3) is 0.154. The summed E-state index contributed by atoms with van der Waals surface area (Å²) < 4.78 is 7.49. The normalized spacial score (nSPS) is 14.8. The number of ether oxygens (including phenoxy) is 1. The van der Waals surface area contributed by atoms with Crippen molar-refractivity contribution in [2.45, 2.75) is 20.8 Å². The summed E-state index contributed by atoms with van der Waals surface area (Å²) in [5.74, 6) is 0.720. The van der Waals surface area contributed by atoms with E-state index in [0.29, 0.717) is 12.3 Å². The fourth-order valence-corrected chi connectivity index (χ4v) is 5.08. The van der Waals surface area contributed by atoms with Crippen molar-refractivity contribution in [3.05, 3.63) is 95.2 Å². The third-order valence-electron chi connectivity index (χ3n) is 4.85. The van der Waals surface area contributed by atoms with E-state index < -0.39 is 0 Å². The van der Waals surface area contributed by atoms with Crippen molar-refractivity contribution in [2.24, 2.45) is 4.99 Å². The van der Waals surface area contributed by atoms with Crippen molar-refractivity contribution in [3.63, 3.8) is 0 Å². The molecule has 0 aromatic heterocycles. The number of anilines is 1. The summed E-state index contributed by atoms with van der Waals surface area (Å²) in [6.45, 7) is 6.69. The average Bonchev–Trinajstić information content (AvgIpc) is 3.07. The summed E-state index contributed by atoms with van der Waals surface area (Å²) in [5, 5.41) is 0. The summed E-state index contributed by atoms with van der Waals surface area (Å²) in [5.41, 5.74) is 4.59. The zero-order chi connectivity index (χ0) is 21.8. The number of aryl methyl sites for hydroxylation is 2. The van der Waals surface area contributed by atoms with Crippen molar-refractivity contribution in [1.82, 2.24) is 0 Å². The molecule has 1 aliphatic heterocycles. The van der Waals surface area contributed by atoms with Crippen molar-refractivity contribution in [2.75, 3.05) is 11.5 Å². The Bertz CT molecular complexity index is 1130. The number of amidine groups is 1. The topological polar surface area (TPSA) is 41.9 Å². The molecule has 0 atom stereocenters. The molecule has 0 aliphatic carbocycles. The first-order chi connectivity index (χ1) is 15.0.